The molecule has 0 bridgehead atoms. The van der Waals surface area contributed by atoms with Crippen molar-refractivity contribution in [1.29, 1.82) is 5.26 Å². The molecule has 0 fully saturated rings. The van der Waals surface area contributed by atoms with Gasteiger partial charge in [0.15, 0.2) is 0 Å². The van der Waals surface area contributed by atoms with E-state index in [0.29, 0.717) is 11.3 Å². The Morgan fingerprint density at radius 2 is 1.90 bits per heavy atom. The second-order valence-electron chi connectivity index (χ2n) is 4.04. The maximum atomic E-state index is 12.1. The minimum Gasteiger partial charge on any atom is -0.322 e. The number of rotatable bonds is 3. The summed E-state index contributed by atoms with van der Waals surface area (Å²) < 4.78 is 0.126. The van der Waals surface area contributed by atoms with Crippen LogP contribution in [0.2, 0.25) is 0 Å². The molecule has 2 aromatic carbocycles. The van der Waals surface area contributed by atoms with E-state index in [2.05, 4.69) is 21.2 Å². The highest BCUT2D eigenvalue weighted by Crippen LogP contribution is 2.28. The predicted octanol–water partition coefficient (Wildman–Crippen LogP) is 3.48. The summed E-state index contributed by atoms with van der Waals surface area (Å²) >= 11 is 3.07. The fourth-order valence-corrected chi connectivity index (χ4v) is 2.25. The van der Waals surface area contributed by atoms with Gasteiger partial charge in [0.05, 0.1) is 22.1 Å². The van der Waals surface area contributed by atoms with E-state index in [-0.39, 0.29) is 15.7 Å². The second-order valence-corrected chi connectivity index (χ2v) is 4.83. The van der Waals surface area contributed by atoms with Gasteiger partial charge < -0.3 is 5.32 Å². The van der Waals surface area contributed by atoms with Gasteiger partial charge in [0.2, 0.25) is 0 Å². The molecule has 7 heteroatoms. The molecule has 0 saturated carbocycles. The largest absolute Gasteiger partial charge is 0.322 e. The SMILES string of the molecule is N#Cc1ccc(NC(=O)c2cccc([N+](=O)[O-])c2Br)cc1. The summed E-state index contributed by atoms with van der Waals surface area (Å²) in [5.74, 6) is -0.477. The van der Waals surface area contributed by atoms with E-state index in [0.717, 1.165) is 0 Å². The molecule has 1 amide bonds. The van der Waals surface area contributed by atoms with Gasteiger partial charge in [-0.15, -0.1) is 0 Å². The summed E-state index contributed by atoms with van der Waals surface area (Å²) in [6.45, 7) is 0. The lowest BCUT2D eigenvalue weighted by Crippen LogP contribution is -2.13. The summed E-state index contributed by atoms with van der Waals surface area (Å²) in [6, 6.07) is 12.5. The Kier molecular flexibility index (Phi) is 4.30. The van der Waals surface area contributed by atoms with Crippen LogP contribution in [0.15, 0.2) is 46.9 Å². The van der Waals surface area contributed by atoms with E-state index >= 15 is 0 Å². The Bertz CT molecular complexity index is 751. The standard InChI is InChI=1S/C14H8BrN3O3/c15-13-11(2-1-3-12(13)18(20)21)14(19)17-10-6-4-9(8-16)5-7-10/h1-7H,(H,17,19). The zero-order chi connectivity index (χ0) is 15.4. The monoisotopic (exact) mass is 345 g/mol. The van der Waals surface area contributed by atoms with Gasteiger partial charge in [-0.3, -0.25) is 14.9 Å². The molecule has 21 heavy (non-hydrogen) atoms. The van der Waals surface area contributed by atoms with Crippen molar-refractivity contribution in [2.24, 2.45) is 0 Å². The molecule has 2 rings (SSSR count). The van der Waals surface area contributed by atoms with Crippen molar-refractivity contribution in [3.05, 3.63) is 68.2 Å². The molecule has 0 aliphatic carbocycles. The summed E-state index contributed by atoms with van der Waals surface area (Å²) in [6.07, 6.45) is 0. The number of carbonyl (C=O) groups is 1. The van der Waals surface area contributed by atoms with Crippen LogP contribution in [0.1, 0.15) is 15.9 Å². The van der Waals surface area contributed by atoms with Crippen LogP contribution < -0.4 is 5.32 Å². The van der Waals surface area contributed by atoms with Crippen LogP contribution in [0.5, 0.6) is 0 Å². The van der Waals surface area contributed by atoms with Crippen molar-refractivity contribution in [1.82, 2.24) is 0 Å². The van der Waals surface area contributed by atoms with Crippen LogP contribution in [0, 0.1) is 21.4 Å². The van der Waals surface area contributed by atoms with Gasteiger partial charge in [0, 0.05) is 11.8 Å². The van der Waals surface area contributed by atoms with Gasteiger partial charge in [-0.25, -0.2) is 0 Å². The normalized spacial score (nSPS) is 9.71. The van der Waals surface area contributed by atoms with E-state index in [4.69, 9.17) is 5.26 Å². The Balaban J connectivity index is 2.26. The van der Waals surface area contributed by atoms with Crippen molar-refractivity contribution in [3.63, 3.8) is 0 Å². The van der Waals surface area contributed by atoms with Crippen molar-refractivity contribution >= 4 is 33.2 Å². The number of hydrogen-bond acceptors (Lipinski definition) is 4. The summed E-state index contributed by atoms with van der Waals surface area (Å²) in [4.78, 5) is 22.4. The molecule has 0 saturated heterocycles. The first-order chi connectivity index (χ1) is 10.0. The summed E-state index contributed by atoms with van der Waals surface area (Å²) in [5.41, 5.74) is 0.956. The van der Waals surface area contributed by atoms with E-state index in [9.17, 15) is 14.9 Å². The number of nitrogens with one attached hydrogen (secondary N) is 1. The maximum Gasteiger partial charge on any atom is 0.284 e. The Hall–Kier alpha value is -2.72. The third kappa shape index (κ3) is 3.24. The fourth-order valence-electron chi connectivity index (χ4n) is 1.66. The zero-order valence-electron chi connectivity index (χ0n) is 10.5. The molecule has 0 aliphatic rings. The number of anilines is 1. The first-order valence-corrected chi connectivity index (χ1v) is 6.56. The number of nitro groups is 1. The third-order valence-corrected chi connectivity index (χ3v) is 3.52. The Morgan fingerprint density at radius 3 is 2.48 bits per heavy atom. The minimum absolute atomic E-state index is 0.126. The van der Waals surface area contributed by atoms with Crippen LogP contribution >= 0.6 is 15.9 Å². The first-order valence-electron chi connectivity index (χ1n) is 5.77. The van der Waals surface area contributed by atoms with Gasteiger partial charge in [0.25, 0.3) is 11.6 Å². The number of carbonyl (C=O) groups excluding carboxylic acids is 1. The van der Waals surface area contributed by atoms with E-state index < -0.39 is 10.8 Å². The van der Waals surface area contributed by atoms with Crippen LogP contribution in [-0.2, 0) is 0 Å². The van der Waals surface area contributed by atoms with Crippen molar-refractivity contribution < 1.29 is 9.72 Å². The number of hydrogen-bond donors (Lipinski definition) is 1. The lowest BCUT2D eigenvalue weighted by molar-refractivity contribution is -0.385. The molecule has 0 aliphatic heterocycles. The van der Waals surface area contributed by atoms with Crippen molar-refractivity contribution in [3.8, 4) is 6.07 Å². The number of nitrogens with zero attached hydrogens (tertiary/aromatic N) is 2. The van der Waals surface area contributed by atoms with Gasteiger partial charge in [-0.2, -0.15) is 5.26 Å². The molecule has 0 spiro atoms. The van der Waals surface area contributed by atoms with Crippen LogP contribution in [0.4, 0.5) is 11.4 Å². The molecule has 0 unspecified atom stereocenters. The van der Waals surface area contributed by atoms with Crippen LogP contribution in [-0.4, -0.2) is 10.8 Å². The first kappa shape index (κ1) is 14.7. The van der Waals surface area contributed by atoms with Crippen molar-refractivity contribution in [2.45, 2.75) is 0 Å². The van der Waals surface area contributed by atoms with Gasteiger partial charge in [-0.1, -0.05) is 6.07 Å². The fraction of sp³-hybridized carbons (Fsp3) is 0. The zero-order valence-corrected chi connectivity index (χ0v) is 12.1. The molecule has 6 nitrogen and oxygen atoms in total. The highest BCUT2D eigenvalue weighted by atomic mass is 79.9. The Labute approximate surface area is 128 Å². The lowest BCUT2D eigenvalue weighted by atomic mass is 10.1. The van der Waals surface area contributed by atoms with Crippen molar-refractivity contribution in [2.75, 3.05) is 5.32 Å². The van der Waals surface area contributed by atoms with E-state index in [1.165, 1.54) is 18.2 Å². The quantitative estimate of drug-likeness (QED) is 0.680. The number of halogens is 1. The lowest BCUT2D eigenvalue weighted by Gasteiger charge is -2.07. The minimum atomic E-state index is -0.567. The smallest absolute Gasteiger partial charge is 0.284 e. The highest BCUT2D eigenvalue weighted by Gasteiger charge is 2.19. The number of nitro benzene ring substituents is 1. The summed E-state index contributed by atoms with van der Waals surface area (Å²) in [5, 5.41) is 22.2. The molecule has 0 radical (unpaired) electrons. The molecule has 0 atom stereocenters. The molecular formula is C14H8BrN3O3. The predicted molar refractivity (Wildman–Crippen MR) is 79.9 cm³/mol. The Morgan fingerprint density at radius 1 is 1.24 bits per heavy atom. The maximum absolute atomic E-state index is 12.1. The average molecular weight is 346 g/mol. The molecule has 1 N–H and O–H groups in total. The van der Waals surface area contributed by atoms with E-state index in [1.54, 1.807) is 24.3 Å². The van der Waals surface area contributed by atoms with Crippen LogP contribution in [0.3, 0.4) is 0 Å². The molecule has 2 aromatic rings. The molecule has 0 heterocycles. The van der Waals surface area contributed by atoms with Gasteiger partial charge >= 0.3 is 0 Å². The molecule has 104 valence electrons. The van der Waals surface area contributed by atoms with Crippen LogP contribution in [0.25, 0.3) is 0 Å². The summed E-state index contributed by atoms with van der Waals surface area (Å²) in [7, 11) is 0. The topological polar surface area (TPSA) is 96.0 Å². The third-order valence-electron chi connectivity index (χ3n) is 2.69. The van der Waals surface area contributed by atoms with Gasteiger partial charge in [0.1, 0.15) is 4.47 Å². The average Bonchev–Trinajstić information content (AvgIpc) is 2.47. The molecular weight excluding hydrogens is 338 g/mol. The molecule has 0 aromatic heterocycles. The number of nitriles is 1. The van der Waals surface area contributed by atoms with Gasteiger partial charge in [-0.05, 0) is 46.3 Å². The van der Waals surface area contributed by atoms with E-state index in [1.807, 2.05) is 6.07 Å². The second kappa shape index (κ2) is 6.15. The number of amides is 1. The number of benzene rings is 2. The highest BCUT2D eigenvalue weighted by molar-refractivity contribution is 9.10.